The molecular weight excluding hydrogens is 243 g/mol. The van der Waals surface area contributed by atoms with Gasteiger partial charge in [-0.15, -0.1) is 0 Å². The quantitative estimate of drug-likeness (QED) is 0.706. The standard InChI is InChI=1S/C8H7O2.In.2H/c1-6(9)7-3-2-4-8(10)5-7;;;/h2-4,10H,1H3;;;. The van der Waals surface area contributed by atoms with Crippen molar-refractivity contribution < 1.29 is 9.90 Å². The van der Waals surface area contributed by atoms with Crippen LogP contribution in [0.5, 0.6) is 5.75 Å². The molecule has 0 aromatic heterocycles. The summed E-state index contributed by atoms with van der Waals surface area (Å²) in [5.41, 5.74) is 0.681. The number of hydrogen-bond acceptors (Lipinski definition) is 2. The molecule has 3 heteroatoms. The molecule has 0 atom stereocenters. The number of ketones is 1. The van der Waals surface area contributed by atoms with Crippen molar-refractivity contribution in [1.82, 2.24) is 0 Å². The molecule has 0 bridgehead atoms. The van der Waals surface area contributed by atoms with Crippen molar-refractivity contribution >= 4 is 33.5 Å². The number of benzene rings is 1. The zero-order chi connectivity index (χ0) is 8.43. The molecule has 0 fully saturated rings. The van der Waals surface area contributed by atoms with Crippen LogP contribution in [0.25, 0.3) is 0 Å². The molecule has 0 radical (unpaired) electrons. The van der Waals surface area contributed by atoms with Crippen LogP contribution in [0.2, 0.25) is 0 Å². The van der Waals surface area contributed by atoms with Crippen molar-refractivity contribution in [1.29, 1.82) is 0 Å². The first kappa shape index (κ1) is 8.65. The van der Waals surface area contributed by atoms with Gasteiger partial charge < -0.3 is 0 Å². The van der Waals surface area contributed by atoms with E-state index in [1.807, 2.05) is 0 Å². The van der Waals surface area contributed by atoms with Gasteiger partial charge in [0.15, 0.2) is 0 Å². The van der Waals surface area contributed by atoms with Gasteiger partial charge >= 0.3 is 79.8 Å². The second kappa shape index (κ2) is 3.30. The minimum absolute atomic E-state index is 0.0371. The summed E-state index contributed by atoms with van der Waals surface area (Å²) in [7, 11) is 0. The second-order valence-electron chi connectivity index (χ2n) is 2.51. The summed E-state index contributed by atoms with van der Waals surface area (Å²) < 4.78 is 0.863. The van der Waals surface area contributed by atoms with E-state index in [9.17, 15) is 9.90 Å². The molecule has 0 aliphatic heterocycles. The van der Waals surface area contributed by atoms with Crippen LogP contribution in [0.3, 0.4) is 0 Å². The van der Waals surface area contributed by atoms with Gasteiger partial charge in [0.05, 0.1) is 0 Å². The van der Waals surface area contributed by atoms with E-state index in [2.05, 4.69) is 0 Å². The molecular formula is C8H9InO2. The van der Waals surface area contributed by atoms with E-state index in [4.69, 9.17) is 0 Å². The number of carbonyl (C=O) groups excluding carboxylic acids is 1. The van der Waals surface area contributed by atoms with Crippen molar-refractivity contribution in [3.05, 3.63) is 23.8 Å². The summed E-state index contributed by atoms with van der Waals surface area (Å²) in [4.78, 5) is 10.9. The number of phenolic OH excluding ortho intramolecular Hbond substituents is 1. The molecule has 1 aromatic carbocycles. The van der Waals surface area contributed by atoms with Crippen molar-refractivity contribution in [3.8, 4) is 5.75 Å². The van der Waals surface area contributed by atoms with Gasteiger partial charge in [-0.1, -0.05) is 0 Å². The first-order chi connectivity index (χ1) is 5.13. The van der Waals surface area contributed by atoms with Gasteiger partial charge in [-0.2, -0.15) is 0 Å². The van der Waals surface area contributed by atoms with Crippen molar-refractivity contribution in [2.24, 2.45) is 0 Å². The molecule has 56 valence electrons. The zero-order valence-corrected chi connectivity index (χ0v) is 12.3. The average molecular weight is 252 g/mol. The van der Waals surface area contributed by atoms with Gasteiger partial charge in [0.1, 0.15) is 0 Å². The summed E-state index contributed by atoms with van der Waals surface area (Å²) in [5.74, 6) is 0.309. The molecule has 0 aliphatic carbocycles. The minimum atomic E-state index is 0.0371. The van der Waals surface area contributed by atoms with Crippen LogP contribution in [-0.2, 0) is 0 Å². The Morgan fingerprint density at radius 3 is 2.64 bits per heavy atom. The van der Waals surface area contributed by atoms with E-state index in [-0.39, 0.29) is 35.9 Å². The van der Waals surface area contributed by atoms with Gasteiger partial charge in [0.2, 0.25) is 0 Å². The fourth-order valence-corrected chi connectivity index (χ4v) is 2.96. The van der Waals surface area contributed by atoms with Gasteiger partial charge in [0.25, 0.3) is 0 Å². The van der Waals surface area contributed by atoms with Gasteiger partial charge in [0, 0.05) is 0 Å². The topological polar surface area (TPSA) is 37.3 Å². The Labute approximate surface area is 79.8 Å². The van der Waals surface area contributed by atoms with Gasteiger partial charge in [-0.25, -0.2) is 0 Å². The summed E-state index contributed by atoms with van der Waals surface area (Å²) in [5, 5.41) is 9.25. The summed E-state index contributed by atoms with van der Waals surface area (Å²) in [6.07, 6.45) is 0. The zero-order valence-electron chi connectivity index (χ0n) is 6.59. The third-order valence-electron chi connectivity index (χ3n) is 1.68. The Hall–Kier alpha value is -0.440. The molecule has 0 saturated carbocycles. The summed E-state index contributed by atoms with van der Waals surface area (Å²) in [6, 6.07) is 5.08. The molecule has 2 nitrogen and oxygen atoms in total. The molecule has 1 N–H and O–H groups in total. The van der Waals surface area contributed by atoms with Crippen LogP contribution in [0.15, 0.2) is 18.2 Å². The average Bonchev–Trinajstić information content (AvgIpc) is 1.94. The van der Waals surface area contributed by atoms with Crippen LogP contribution < -0.4 is 3.32 Å². The van der Waals surface area contributed by atoms with Crippen LogP contribution in [0, 0.1) is 0 Å². The number of rotatable bonds is 1. The Kier molecular flexibility index (Phi) is 2.60. The van der Waals surface area contributed by atoms with Crippen LogP contribution >= 0.6 is 0 Å². The van der Waals surface area contributed by atoms with E-state index in [0.29, 0.717) is 5.56 Å². The maximum absolute atomic E-state index is 10.9. The predicted molar refractivity (Wildman–Crippen MR) is 46.3 cm³/mol. The number of carbonyl (C=O) groups is 1. The molecule has 0 spiro atoms. The number of Topliss-reactive ketones (excluding diaryl/α,β-unsaturated/α-hetero) is 1. The van der Waals surface area contributed by atoms with Crippen molar-refractivity contribution in [2.75, 3.05) is 0 Å². The Morgan fingerprint density at radius 1 is 1.55 bits per heavy atom. The van der Waals surface area contributed by atoms with Crippen LogP contribution in [0.1, 0.15) is 17.3 Å². The summed E-state index contributed by atoms with van der Waals surface area (Å²) in [6.45, 7) is 1.52. The molecule has 0 amide bonds. The SMILES string of the molecule is CC(=O)c1cccc(O)[c]1[InH2]. The van der Waals surface area contributed by atoms with Crippen LogP contribution in [0.4, 0.5) is 0 Å². The van der Waals surface area contributed by atoms with Gasteiger partial charge in [-0.3, -0.25) is 0 Å². The number of phenols is 1. The molecule has 1 rings (SSSR count). The van der Waals surface area contributed by atoms with Gasteiger partial charge in [-0.05, 0) is 0 Å². The molecule has 11 heavy (non-hydrogen) atoms. The Bertz CT molecular complexity index is 294. The van der Waals surface area contributed by atoms with E-state index in [1.54, 1.807) is 18.2 Å². The van der Waals surface area contributed by atoms with E-state index in [0.717, 1.165) is 3.32 Å². The van der Waals surface area contributed by atoms with Crippen LogP contribution in [-0.4, -0.2) is 35.3 Å². The molecule has 0 unspecified atom stereocenters. The van der Waals surface area contributed by atoms with E-state index in [1.165, 1.54) is 6.92 Å². The fourth-order valence-electron chi connectivity index (χ4n) is 1.00. The Balaban J connectivity index is 3.27. The first-order valence-electron chi connectivity index (χ1n) is 3.42. The number of hydrogen-bond donors (Lipinski definition) is 1. The van der Waals surface area contributed by atoms with E-state index >= 15 is 0 Å². The maximum atomic E-state index is 10.9. The second-order valence-corrected chi connectivity index (χ2v) is 5.36. The molecule has 1 aromatic rings. The van der Waals surface area contributed by atoms with E-state index < -0.39 is 0 Å². The third kappa shape index (κ3) is 1.77. The van der Waals surface area contributed by atoms with Crippen molar-refractivity contribution in [2.45, 2.75) is 6.92 Å². The molecule has 0 heterocycles. The summed E-state index contributed by atoms with van der Waals surface area (Å²) >= 11 is 0.181. The fraction of sp³-hybridized carbons (Fsp3) is 0.125. The number of aromatic hydroxyl groups is 1. The first-order valence-corrected chi connectivity index (χ1v) is 6.28. The monoisotopic (exact) mass is 252 g/mol. The molecule has 0 aliphatic rings. The van der Waals surface area contributed by atoms with Crippen molar-refractivity contribution in [3.63, 3.8) is 0 Å². The Morgan fingerprint density at radius 2 is 2.18 bits per heavy atom. The molecule has 0 saturated heterocycles. The predicted octanol–water partition coefficient (Wildman–Crippen LogP) is -0.147. The third-order valence-corrected chi connectivity index (χ3v) is 4.68. The normalized spacial score (nSPS) is 9.55.